The first-order chi connectivity index (χ1) is 8.76. The molecule has 0 aromatic rings. The highest BCUT2D eigenvalue weighted by molar-refractivity contribution is 5.87. The molecule has 2 N–H and O–H groups in total. The van der Waals surface area contributed by atoms with Crippen LogP contribution in [0.2, 0.25) is 0 Å². The molecule has 0 spiro atoms. The number of esters is 1. The predicted octanol–water partition coefficient (Wildman–Crippen LogP) is 2.19. The van der Waals surface area contributed by atoms with Crippen LogP contribution in [0.1, 0.15) is 40.5 Å². The summed E-state index contributed by atoms with van der Waals surface area (Å²) in [5.74, 6) is -1.24. The summed E-state index contributed by atoms with van der Waals surface area (Å²) in [6.45, 7) is 9.82. The van der Waals surface area contributed by atoms with E-state index in [1.54, 1.807) is 13.0 Å². The number of aliphatic hydroxyl groups is 1. The van der Waals surface area contributed by atoms with Crippen molar-refractivity contribution in [2.75, 3.05) is 0 Å². The number of hydrogen-bond acceptors (Lipinski definition) is 6. The Kier molecular flexibility index (Phi) is 11.8. The summed E-state index contributed by atoms with van der Waals surface area (Å²) < 4.78 is 4.33. The number of ether oxygens (including phenoxy) is 1. The molecular formula is C13H22O6. The highest BCUT2D eigenvalue weighted by Gasteiger charge is 2.05. The monoisotopic (exact) mass is 274 g/mol. The van der Waals surface area contributed by atoms with Crippen LogP contribution >= 0.6 is 0 Å². The fourth-order valence-electron chi connectivity index (χ4n) is 0.772. The highest BCUT2D eigenvalue weighted by Crippen LogP contribution is 1.99. The molecule has 6 nitrogen and oxygen atoms in total. The van der Waals surface area contributed by atoms with Gasteiger partial charge in [0.1, 0.15) is 0 Å². The first-order valence-electron chi connectivity index (χ1n) is 5.83. The number of carbonyl (C=O) groups is 2. The number of rotatable bonds is 5. The van der Waals surface area contributed by atoms with Crippen LogP contribution in [0.4, 0.5) is 0 Å². The Morgan fingerprint density at radius 1 is 1.32 bits per heavy atom. The van der Waals surface area contributed by atoms with Crippen molar-refractivity contribution < 1.29 is 29.6 Å². The van der Waals surface area contributed by atoms with E-state index in [1.807, 2.05) is 6.92 Å². The Balaban J connectivity index is 0. The van der Waals surface area contributed by atoms with Gasteiger partial charge in [0.15, 0.2) is 6.29 Å². The molecule has 0 rings (SSSR count). The van der Waals surface area contributed by atoms with Crippen molar-refractivity contribution in [2.24, 2.45) is 0 Å². The fourth-order valence-corrected chi connectivity index (χ4v) is 0.772. The zero-order valence-corrected chi connectivity index (χ0v) is 11.8. The van der Waals surface area contributed by atoms with E-state index in [4.69, 9.17) is 10.4 Å². The average Bonchev–Trinajstić information content (AvgIpc) is 2.34. The van der Waals surface area contributed by atoms with Gasteiger partial charge < -0.3 is 9.84 Å². The van der Waals surface area contributed by atoms with E-state index < -0.39 is 18.2 Å². The van der Waals surface area contributed by atoms with Crippen molar-refractivity contribution >= 4 is 11.9 Å². The third-order valence-corrected chi connectivity index (χ3v) is 1.77. The Hall–Kier alpha value is -1.66. The van der Waals surface area contributed by atoms with Gasteiger partial charge >= 0.3 is 11.9 Å². The van der Waals surface area contributed by atoms with Crippen molar-refractivity contribution in [2.45, 2.75) is 46.8 Å². The van der Waals surface area contributed by atoms with E-state index in [2.05, 4.69) is 16.2 Å². The molecule has 0 saturated carbocycles. The lowest BCUT2D eigenvalue weighted by atomic mass is 10.2. The number of unbranched alkanes of at least 4 members (excludes halogenated alkanes) is 1. The van der Waals surface area contributed by atoms with Crippen molar-refractivity contribution in [3.63, 3.8) is 0 Å². The normalized spacial score (nSPS) is 11.8. The second-order valence-electron chi connectivity index (χ2n) is 3.84. The van der Waals surface area contributed by atoms with Crippen molar-refractivity contribution in [1.29, 1.82) is 0 Å². The molecule has 0 radical (unpaired) electrons. The van der Waals surface area contributed by atoms with E-state index in [-0.39, 0.29) is 5.57 Å². The molecule has 0 bridgehead atoms. The van der Waals surface area contributed by atoms with E-state index in [0.717, 1.165) is 12.8 Å². The predicted molar refractivity (Wildman–Crippen MR) is 70.0 cm³/mol. The van der Waals surface area contributed by atoms with Gasteiger partial charge in [0.2, 0.25) is 0 Å². The van der Waals surface area contributed by atoms with Gasteiger partial charge in [0.05, 0.1) is 0 Å². The summed E-state index contributed by atoms with van der Waals surface area (Å²) in [4.78, 5) is 24.5. The third-order valence-electron chi connectivity index (χ3n) is 1.77. The zero-order valence-electron chi connectivity index (χ0n) is 11.8. The largest absolute Gasteiger partial charge is 0.433 e. The van der Waals surface area contributed by atoms with Crippen molar-refractivity contribution in [3.05, 3.63) is 23.8 Å². The molecule has 19 heavy (non-hydrogen) atoms. The average molecular weight is 274 g/mol. The molecule has 0 aliphatic carbocycles. The molecule has 0 heterocycles. The molecule has 1 atom stereocenters. The maximum absolute atomic E-state index is 10.5. The molecule has 110 valence electrons. The number of hydrogen-bond donors (Lipinski definition) is 2. The second kappa shape index (κ2) is 11.4. The van der Waals surface area contributed by atoms with Crippen LogP contribution in [0.15, 0.2) is 23.8 Å². The number of carbonyl (C=O) groups excluding carboxylic acids is 2. The SMILES string of the molecule is C=C(C)C(=O)OC(C)O.CCCC=C(C)C(=O)OO. The number of allylic oxidation sites excluding steroid dienone is 1. The van der Waals surface area contributed by atoms with Gasteiger partial charge in [-0.25, -0.2) is 9.59 Å². The van der Waals surface area contributed by atoms with Gasteiger partial charge in [-0.1, -0.05) is 26.0 Å². The Morgan fingerprint density at radius 3 is 2.11 bits per heavy atom. The lowest BCUT2D eigenvalue weighted by Crippen LogP contribution is -2.13. The molecule has 0 aromatic carbocycles. The van der Waals surface area contributed by atoms with Crippen LogP contribution in [0.25, 0.3) is 0 Å². The van der Waals surface area contributed by atoms with Crippen LogP contribution in [-0.2, 0) is 19.2 Å². The molecule has 0 fully saturated rings. The van der Waals surface area contributed by atoms with Gasteiger partial charge in [-0.3, -0.25) is 4.89 Å². The molecule has 0 aromatic heterocycles. The van der Waals surface area contributed by atoms with Gasteiger partial charge in [-0.05, 0) is 27.2 Å². The molecule has 1 unspecified atom stereocenters. The second-order valence-corrected chi connectivity index (χ2v) is 3.84. The summed E-state index contributed by atoms with van der Waals surface area (Å²) in [5.41, 5.74) is 0.736. The van der Waals surface area contributed by atoms with Crippen LogP contribution in [-0.4, -0.2) is 28.6 Å². The lowest BCUT2D eigenvalue weighted by molar-refractivity contribution is -0.229. The molecule has 0 saturated heterocycles. The van der Waals surface area contributed by atoms with Crippen molar-refractivity contribution in [1.82, 2.24) is 0 Å². The smallest absolute Gasteiger partial charge is 0.368 e. The van der Waals surface area contributed by atoms with Gasteiger partial charge in [-0.15, -0.1) is 0 Å². The standard InChI is InChI=1S/C7H12O3.C6H10O3/c1-3-4-5-6(2)7(8)10-9;1-4(2)6(8)9-5(3)7/h5,9H,3-4H2,1-2H3;5,7H,1H2,2-3H3. The summed E-state index contributed by atoms with van der Waals surface area (Å²) in [6, 6.07) is 0. The van der Waals surface area contributed by atoms with Crippen LogP contribution in [0.5, 0.6) is 0 Å². The maximum atomic E-state index is 10.5. The molecule has 0 aliphatic heterocycles. The Bertz CT molecular complexity index is 330. The number of aliphatic hydroxyl groups excluding tert-OH is 1. The zero-order chi connectivity index (χ0) is 15.4. The minimum Gasteiger partial charge on any atom is -0.433 e. The van der Waals surface area contributed by atoms with Gasteiger partial charge in [0, 0.05) is 11.1 Å². The first kappa shape index (κ1) is 19.7. The summed E-state index contributed by atoms with van der Waals surface area (Å²) in [7, 11) is 0. The van der Waals surface area contributed by atoms with Crippen LogP contribution < -0.4 is 0 Å². The van der Waals surface area contributed by atoms with E-state index in [1.165, 1.54) is 13.8 Å². The topological polar surface area (TPSA) is 93.1 Å². The quantitative estimate of drug-likeness (QED) is 0.262. The van der Waals surface area contributed by atoms with E-state index in [0.29, 0.717) is 5.57 Å². The summed E-state index contributed by atoms with van der Waals surface area (Å²) in [5, 5.41) is 16.4. The fraction of sp³-hybridized carbons (Fsp3) is 0.538. The van der Waals surface area contributed by atoms with Gasteiger partial charge in [0.25, 0.3) is 0 Å². The Morgan fingerprint density at radius 2 is 1.84 bits per heavy atom. The van der Waals surface area contributed by atoms with Crippen LogP contribution in [0, 0.1) is 0 Å². The minimum absolute atomic E-state index is 0.288. The van der Waals surface area contributed by atoms with Crippen LogP contribution in [0.3, 0.4) is 0 Å². The highest BCUT2D eigenvalue weighted by atomic mass is 17.1. The molecular weight excluding hydrogens is 252 g/mol. The maximum Gasteiger partial charge on any atom is 0.368 e. The summed E-state index contributed by atoms with van der Waals surface area (Å²) in [6.07, 6.45) is 2.50. The lowest BCUT2D eigenvalue weighted by Gasteiger charge is -2.04. The van der Waals surface area contributed by atoms with E-state index in [9.17, 15) is 9.59 Å². The first-order valence-corrected chi connectivity index (χ1v) is 5.83. The van der Waals surface area contributed by atoms with E-state index >= 15 is 0 Å². The Labute approximate surface area is 113 Å². The molecule has 6 heteroatoms. The minimum atomic E-state index is -1.05. The van der Waals surface area contributed by atoms with Gasteiger partial charge in [-0.2, -0.15) is 5.26 Å². The summed E-state index contributed by atoms with van der Waals surface area (Å²) >= 11 is 0. The van der Waals surface area contributed by atoms with Crippen molar-refractivity contribution in [3.8, 4) is 0 Å². The molecule has 0 amide bonds. The third kappa shape index (κ3) is 12.6. The molecule has 0 aliphatic rings.